The Kier molecular flexibility index (Phi) is 3.46. The minimum atomic E-state index is 0.146. The average molecular weight is 211 g/mol. The number of urea groups is 1. The van der Waals surface area contributed by atoms with E-state index in [0.717, 1.165) is 45.4 Å². The van der Waals surface area contributed by atoms with Gasteiger partial charge in [0.15, 0.2) is 0 Å². The molecule has 15 heavy (non-hydrogen) atoms. The first kappa shape index (κ1) is 10.7. The number of nitrogens with one attached hydrogen (secondary N) is 1. The van der Waals surface area contributed by atoms with Crippen LogP contribution in [0.1, 0.15) is 25.7 Å². The largest absolute Gasteiger partial charge is 0.334 e. The van der Waals surface area contributed by atoms with Gasteiger partial charge in [-0.1, -0.05) is 0 Å². The first-order valence-corrected chi connectivity index (χ1v) is 6.00. The summed E-state index contributed by atoms with van der Waals surface area (Å²) in [7, 11) is 2.12. The molecule has 0 aliphatic carbocycles. The van der Waals surface area contributed by atoms with Crippen LogP contribution in [-0.4, -0.2) is 55.1 Å². The number of amides is 2. The van der Waals surface area contributed by atoms with E-state index < -0.39 is 0 Å². The second-order valence-electron chi connectivity index (χ2n) is 4.75. The number of carbonyl (C=O) groups excluding carboxylic acids is 1. The molecule has 2 aliphatic rings. The highest BCUT2D eigenvalue weighted by molar-refractivity contribution is 5.74. The van der Waals surface area contributed by atoms with Gasteiger partial charge in [-0.25, -0.2) is 4.79 Å². The molecule has 0 spiro atoms. The number of hydrogen-bond donors (Lipinski definition) is 1. The van der Waals surface area contributed by atoms with Gasteiger partial charge in [-0.05, 0) is 39.3 Å². The standard InChI is InChI=1S/C11H21N3O/c1-13-6-4-5-10(9-13)12-11(15)14-7-2-3-8-14/h10H,2-9H2,1H3,(H,12,15). The van der Waals surface area contributed by atoms with E-state index in [1.807, 2.05) is 4.90 Å². The minimum absolute atomic E-state index is 0.146. The molecule has 2 rings (SSSR count). The van der Waals surface area contributed by atoms with Crippen LogP contribution in [0.15, 0.2) is 0 Å². The van der Waals surface area contributed by atoms with Crippen LogP contribution < -0.4 is 5.32 Å². The maximum Gasteiger partial charge on any atom is 0.317 e. The number of nitrogens with zero attached hydrogens (tertiary/aromatic N) is 2. The molecule has 4 heteroatoms. The maximum atomic E-state index is 11.8. The van der Waals surface area contributed by atoms with Gasteiger partial charge in [-0.3, -0.25) is 0 Å². The van der Waals surface area contributed by atoms with Crippen molar-refractivity contribution >= 4 is 6.03 Å². The monoisotopic (exact) mass is 211 g/mol. The Hall–Kier alpha value is -0.770. The second kappa shape index (κ2) is 4.84. The summed E-state index contributed by atoms with van der Waals surface area (Å²) in [6, 6.07) is 0.504. The van der Waals surface area contributed by atoms with Gasteiger partial charge in [-0.2, -0.15) is 0 Å². The predicted octanol–water partition coefficient (Wildman–Crippen LogP) is 0.886. The lowest BCUT2D eigenvalue weighted by molar-refractivity contribution is 0.186. The SMILES string of the molecule is CN1CCCC(NC(=O)N2CCCC2)C1. The van der Waals surface area contributed by atoms with Crippen molar-refractivity contribution in [3.63, 3.8) is 0 Å². The number of hydrogen-bond acceptors (Lipinski definition) is 2. The van der Waals surface area contributed by atoms with Crippen LogP contribution in [0.4, 0.5) is 4.79 Å². The molecule has 2 fully saturated rings. The molecule has 0 bridgehead atoms. The van der Waals surface area contributed by atoms with E-state index in [2.05, 4.69) is 17.3 Å². The first-order chi connectivity index (χ1) is 7.25. The van der Waals surface area contributed by atoms with Gasteiger partial charge in [0, 0.05) is 25.7 Å². The number of likely N-dealkylation sites (tertiary alicyclic amines) is 2. The van der Waals surface area contributed by atoms with Crippen LogP contribution in [0.5, 0.6) is 0 Å². The molecule has 0 aromatic rings. The Morgan fingerprint density at radius 1 is 1.20 bits per heavy atom. The lowest BCUT2D eigenvalue weighted by atomic mass is 10.1. The lowest BCUT2D eigenvalue weighted by Crippen LogP contribution is -2.50. The average Bonchev–Trinajstić information content (AvgIpc) is 2.70. The molecule has 1 unspecified atom stereocenters. The summed E-state index contributed by atoms with van der Waals surface area (Å²) in [5.41, 5.74) is 0. The summed E-state index contributed by atoms with van der Waals surface area (Å²) >= 11 is 0. The van der Waals surface area contributed by atoms with Crippen molar-refractivity contribution in [2.24, 2.45) is 0 Å². The van der Waals surface area contributed by atoms with Crippen LogP contribution in [0.3, 0.4) is 0 Å². The highest BCUT2D eigenvalue weighted by atomic mass is 16.2. The van der Waals surface area contributed by atoms with E-state index in [9.17, 15) is 4.79 Å². The zero-order chi connectivity index (χ0) is 10.7. The fourth-order valence-corrected chi connectivity index (χ4v) is 2.47. The Morgan fingerprint density at radius 3 is 2.60 bits per heavy atom. The molecule has 2 aliphatic heterocycles. The summed E-state index contributed by atoms with van der Waals surface area (Å²) in [6.07, 6.45) is 4.65. The van der Waals surface area contributed by atoms with Crippen molar-refractivity contribution < 1.29 is 4.79 Å². The fourth-order valence-electron chi connectivity index (χ4n) is 2.47. The summed E-state index contributed by atoms with van der Waals surface area (Å²) in [5.74, 6) is 0. The molecule has 0 aromatic carbocycles. The van der Waals surface area contributed by atoms with Crippen molar-refractivity contribution in [1.82, 2.24) is 15.1 Å². The van der Waals surface area contributed by atoms with Crippen LogP contribution >= 0.6 is 0 Å². The van der Waals surface area contributed by atoms with Crippen LogP contribution in [0.2, 0.25) is 0 Å². The first-order valence-electron chi connectivity index (χ1n) is 6.00. The summed E-state index contributed by atoms with van der Waals surface area (Å²) < 4.78 is 0. The van der Waals surface area contributed by atoms with Gasteiger partial charge >= 0.3 is 6.03 Å². The third-order valence-electron chi connectivity index (χ3n) is 3.35. The molecule has 2 heterocycles. The number of likely N-dealkylation sites (N-methyl/N-ethyl adjacent to an activating group) is 1. The van der Waals surface area contributed by atoms with Crippen molar-refractivity contribution in [2.45, 2.75) is 31.7 Å². The van der Waals surface area contributed by atoms with Gasteiger partial charge in [-0.15, -0.1) is 0 Å². The van der Waals surface area contributed by atoms with E-state index >= 15 is 0 Å². The number of piperidine rings is 1. The quantitative estimate of drug-likeness (QED) is 0.699. The van der Waals surface area contributed by atoms with Crippen molar-refractivity contribution in [3.05, 3.63) is 0 Å². The van der Waals surface area contributed by atoms with Crippen molar-refractivity contribution in [1.29, 1.82) is 0 Å². The highest BCUT2D eigenvalue weighted by Crippen LogP contribution is 2.11. The molecule has 0 radical (unpaired) electrons. The van der Waals surface area contributed by atoms with E-state index in [-0.39, 0.29) is 6.03 Å². The lowest BCUT2D eigenvalue weighted by Gasteiger charge is -2.31. The minimum Gasteiger partial charge on any atom is -0.334 e. The Bertz CT molecular complexity index is 226. The molecule has 0 saturated carbocycles. The molecule has 86 valence electrons. The summed E-state index contributed by atoms with van der Waals surface area (Å²) in [6.45, 7) is 4.04. The molecular formula is C11H21N3O. The van der Waals surface area contributed by atoms with E-state index in [0.29, 0.717) is 6.04 Å². The normalized spacial score (nSPS) is 28.1. The smallest absolute Gasteiger partial charge is 0.317 e. The summed E-state index contributed by atoms with van der Waals surface area (Å²) in [5, 5.41) is 3.14. The summed E-state index contributed by atoms with van der Waals surface area (Å²) in [4.78, 5) is 16.0. The van der Waals surface area contributed by atoms with Crippen molar-refractivity contribution in [3.8, 4) is 0 Å². The van der Waals surface area contributed by atoms with E-state index in [1.165, 1.54) is 6.42 Å². The van der Waals surface area contributed by atoms with E-state index in [1.54, 1.807) is 0 Å². The Morgan fingerprint density at radius 2 is 1.93 bits per heavy atom. The van der Waals surface area contributed by atoms with Gasteiger partial charge in [0.25, 0.3) is 0 Å². The molecule has 2 saturated heterocycles. The maximum absolute atomic E-state index is 11.8. The third-order valence-corrected chi connectivity index (χ3v) is 3.35. The molecule has 1 N–H and O–H groups in total. The molecular weight excluding hydrogens is 190 g/mol. The highest BCUT2D eigenvalue weighted by Gasteiger charge is 2.23. The van der Waals surface area contributed by atoms with Gasteiger partial charge in [0.1, 0.15) is 0 Å². The van der Waals surface area contributed by atoms with E-state index in [4.69, 9.17) is 0 Å². The van der Waals surface area contributed by atoms with Crippen LogP contribution in [-0.2, 0) is 0 Å². The molecule has 1 atom stereocenters. The predicted molar refractivity (Wildman–Crippen MR) is 59.9 cm³/mol. The topological polar surface area (TPSA) is 35.6 Å². The zero-order valence-electron chi connectivity index (χ0n) is 9.54. The third kappa shape index (κ3) is 2.84. The fraction of sp³-hybridized carbons (Fsp3) is 0.909. The molecule has 4 nitrogen and oxygen atoms in total. The van der Waals surface area contributed by atoms with Gasteiger partial charge in [0.2, 0.25) is 0 Å². The zero-order valence-corrected chi connectivity index (χ0v) is 9.54. The van der Waals surface area contributed by atoms with Gasteiger partial charge < -0.3 is 15.1 Å². The second-order valence-corrected chi connectivity index (χ2v) is 4.75. The Labute approximate surface area is 91.6 Å². The van der Waals surface area contributed by atoms with Crippen molar-refractivity contribution in [2.75, 3.05) is 33.2 Å². The van der Waals surface area contributed by atoms with Crippen LogP contribution in [0, 0.1) is 0 Å². The molecule has 2 amide bonds. The van der Waals surface area contributed by atoms with Crippen LogP contribution in [0.25, 0.3) is 0 Å². The number of carbonyl (C=O) groups is 1. The number of rotatable bonds is 1. The molecule has 0 aromatic heterocycles. The van der Waals surface area contributed by atoms with Gasteiger partial charge in [0.05, 0.1) is 0 Å². The Balaban J connectivity index is 1.77.